The number of carbonyl (C=O) groups excluding carboxylic acids is 1. The summed E-state index contributed by atoms with van der Waals surface area (Å²) >= 11 is 6.13. The fourth-order valence-corrected chi connectivity index (χ4v) is 2.39. The van der Waals surface area contributed by atoms with Gasteiger partial charge >= 0.3 is 5.97 Å². The molecule has 1 heterocycles. The lowest BCUT2D eigenvalue weighted by Crippen LogP contribution is -2.04. The molecule has 4 nitrogen and oxygen atoms in total. The highest BCUT2D eigenvalue weighted by atomic mass is 35.5. The average Bonchev–Trinajstić information content (AvgIpc) is 2.47. The zero-order valence-corrected chi connectivity index (χ0v) is 12.4. The number of halogens is 1. The van der Waals surface area contributed by atoms with Gasteiger partial charge < -0.3 is 9.15 Å². The molecule has 0 atom stereocenters. The molecule has 0 aliphatic heterocycles. The zero-order chi connectivity index (χ0) is 15.7. The maximum atomic E-state index is 12.3. The zero-order valence-electron chi connectivity index (χ0n) is 11.6. The van der Waals surface area contributed by atoms with Crippen LogP contribution in [0.2, 0.25) is 5.02 Å². The van der Waals surface area contributed by atoms with E-state index in [2.05, 4.69) is 0 Å². The Bertz CT molecular complexity index is 927. The van der Waals surface area contributed by atoms with E-state index in [1.807, 2.05) is 6.07 Å². The maximum Gasteiger partial charge on any atom is 0.308 e. The molecule has 3 aromatic rings. The van der Waals surface area contributed by atoms with Crippen molar-refractivity contribution in [1.29, 1.82) is 0 Å². The highest BCUT2D eigenvalue weighted by molar-refractivity contribution is 6.33. The van der Waals surface area contributed by atoms with Crippen LogP contribution in [0.3, 0.4) is 0 Å². The highest BCUT2D eigenvalue weighted by Gasteiger charge is 2.11. The van der Waals surface area contributed by atoms with Gasteiger partial charge in [0.05, 0.1) is 10.4 Å². The highest BCUT2D eigenvalue weighted by Crippen LogP contribution is 2.29. The molecule has 5 heteroatoms. The van der Waals surface area contributed by atoms with Gasteiger partial charge in [0.25, 0.3) is 0 Å². The van der Waals surface area contributed by atoms with Crippen molar-refractivity contribution in [3.63, 3.8) is 0 Å². The lowest BCUT2D eigenvalue weighted by Gasteiger charge is -2.06. The number of carbonyl (C=O) groups is 1. The molecular formula is C17H11ClO4. The van der Waals surface area contributed by atoms with Crippen LogP contribution >= 0.6 is 11.6 Å². The van der Waals surface area contributed by atoms with Crippen LogP contribution in [0, 0.1) is 0 Å². The fourth-order valence-electron chi connectivity index (χ4n) is 2.16. The summed E-state index contributed by atoms with van der Waals surface area (Å²) in [7, 11) is 0. The summed E-state index contributed by atoms with van der Waals surface area (Å²) in [5, 5.41) is 0.844. The van der Waals surface area contributed by atoms with Crippen LogP contribution in [-0.2, 0) is 4.79 Å². The van der Waals surface area contributed by atoms with Gasteiger partial charge in [-0.05, 0) is 30.3 Å². The number of ether oxygens (including phenoxy) is 1. The number of hydrogen-bond donors (Lipinski definition) is 0. The van der Waals surface area contributed by atoms with Gasteiger partial charge in [-0.25, -0.2) is 0 Å². The Hall–Kier alpha value is -2.59. The lowest BCUT2D eigenvalue weighted by molar-refractivity contribution is -0.131. The lowest BCUT2D eigenvalue weighted by atomic mass is 10.1. The van der Waals surface area contributed by atoms with Crippen molar-refractivity contribution in [2.24, 2.45) is 0 Å². The monoisotopic (exact) mass is 314 g/mol. The third-order valence-electron chi connectivity index (χ3n) is 3.10. The average molecular weight is 315 g/mol. The van der Waals surface area contributed by atoms with E-state index in [9.17, 15) is 9.59 Å². The Labute approximate surface area is 130 Å². The predicted molar refractivity (Wildman–Crippen MR) is 84.2 cm³/mol. The molecule has 22 heavy (non-hydrogen) atoms. The third-order valence-corrected chi connectivity index (χ3v) is 3.43. The van der Waals surface area contributed by atoms with Crippen LogP contribution < -0.4 is 10.2 Å². The summed E-state index contributed by atoms with van der Waals surface area (Å²) in [5.41, 5.74) is 0.815. The van der Waals surface area contributed by atoms with Gasteiger partial charge in [-0.3, -0.25) is 9.59 Å². The smallest absolute Gasteiger partial charge is 0.308 e. The van der Waals surface area contributed by atoms with E-state index in [4.69, 9.17) is 20.8 Å². The number of benzene rings is 2. The van der Waals surface area contributed by atoms with Gasteiger partial charge in [-0.2, -0.15) is 0 Å². The molecule has 0 saturated heterocycles. The number of esters is 1. The molecular weight excluding hydrogens is 304 g/mol. The minimum atomic E-state index is -0.448. The molecule has 1 aromatic heterocycles. The number of fused-ring (bicyclic) bond motifs is 1. The Morgan fingerprint density at radius 2 is 1.91 bits per heavy atom. The van der Waals surface area contributed by atoms with Gasteiger partial charge in [0.15, 0.2) is 5.43 Å². The predicted octanol–water partition coefficient (Wildman–Crippen LogP) is 4.04. The van der Waals surface area contributed by atoms with Crippen molar-refractivity contribution < 1.29 is 13.9 Å². The van der Waals surface area contributed by atoms with Gasteiger partial charge in [-0.1, -0.05) is 23.7 Å². The van der Waals surface area contributed by atoms with Crippen LogP contribution in [0.1, 0.15) is 6.92 Å². The summed E-state index contributed by atoms with van der Waals surface area (Å²) in [4.78, 5) is 23.3. The quantitative estimate of drug-likeness (QED) is 0.529. The van der Waals surface area contributed by atoms with Gasteiger partial charge in [-0.15, -0.1) is 0 Å². The van der Waals surface area contributed by atoms with Gasteiger partial charge in [0.1, 0.15) is 17.1 Å². The largest absolute Gasteiger partial charge is 0.456 e. The molecule has 0 spiro atoms. The van der Waals surface area contributed by atoms with Crippen molar-refractivity contribution in [2.75, 3.05) is 0 Å². The normalized spacial score (nSPS) is 10.6. The standard InChI is InChI=1S/C17H11ClO4/c1-10(19)21-11-6-7-16-13(8-11)15(20)9-17(22-16)12-4-2-3-5-14(12)18/h2-9H,1H3. The Kier molecular flexibility index (Phi) is 3.69. The molecule has 0 N–H and O–H groups in total. The minimum absolute atomic E-state index is 0.231. The first-order valence-electron chi connectivity index (χ1n) is 6.56. The van der Waals surface area contributed by atoms with E-state index in [-0.39, 0.29) is 5.43 Å². The molecule has 0 bridgehead atoms. The summed E-state index contributed by atoms with van der Waals surface area (Å²) in [6.07, 6.45) is 0. The van der Waals surface area contributed by atoms with Crippen molar-refractivity contribution in [3.8, 4) is 17.1 Å². The van der Waals surface area contributed by atoms with E-state index >= 15 is 0 Å². The molecule has 0 aliphatic rings. The van der Waals surface area contributed by atoms with Crippen molar-refractivity contribution >= 4 is 28.5 Å². The van der Waals surface area contributed by atoms with Gasteiger partial charge in [0, 0.05) is 18.6 Å². The number of hydrogen-bond acceptors (Lipinski definition) is 4. The second kappa shape index (κ2) is 5.66. The molecule has 3 rings (SSSR count). The summed E-state index contributed by atoms with van der Waals surface area (Å²) < 4.78 is 10.7. The molecule has 0 saturated carbocycles. The molecule has 0 aliphatic carbocycles. The van der Waals surface area contributed by atoms with Crippen LogP contribution in [0.25, 0.3) is 22.3 Å². The number of rotatable bonds is 2. The Balaban J connectivity index is 2.16. The van der Waals surface area contributed by atoms with E-state index in [0.29, 0.717) is 33.1 Å². The van der Waals surface area contributed by atoms with Crippen molar-refractivity contribution in [2.45, 2.75) is 6.92 Å². The van der Waals surface area contributed by atoms with Gasteiger partial charge in [0.2, 0.25) is 0 Å². The SMILES string of the molecule is CC(=O)Oc1ccc2oc(-c3ccccc3Cl)cc(=O)c2c1. The van der Waals surface area contributed by atoms with Crippen LogP contribution in [0.5, 0.6) is 5.75 Å². The van der Waals surface area contributed by atoms with E-state index in [0.717, 1.165) is 0 Å². The Morgan fingerprint density at radius 1 is 1.14 bits per heavy atom. The molecule has 0 amide bonds. The van der Waals surface area contributed by atoms with E-state index in [1.54, 1.807) is 30.3 Å². The van der Waals surface area contributed by atoms with E-state index < -0.39 is 5.97 Å². The fraction of sp³-hybridized carbons (Fsp3) is 0.0588. The summed E-state index contributed by atoms with van der Waals surface area (Å²) in [5.74, 6) is 0.248. The summed E-state index contributed by atoms with van der Waals surface area (Å²) in [6.45, 7) is 1.30. The van der Waals surface area contributed by atoms with Crippen LogP contribution in [0.15, 0.2) is 57.7 Å². The first-order valence-corrected chi connectivity index (χ1v) is 6.93. The molecule has 0 radical (unpaired) electrons. The second-order valence-corrected chi connectivity index (χ2v) is 5.11. The first-order chi connectivity index (χ1) is 10.5. The van der Waals surface area contributed by atoms with Crippen LogP contribution in [0.4, 0.5) is 0 Å². The third kappa shape index (κ3) is 2.73. The topological polar surface area (TPSA) is 56.5 Å². The maximum absolute atomic E-state index is 12.3. The minimum Gasteiger partial charge on any atom is -0.456 e. The molecule has 110 valence electrons. The van der Waals surface area contributed by atoms with Crippen LogP contribution in [-0.4, -0.2) is 5.97 Å². The first kappa shape index (κ1) is 14.4. The molecule has 0 unspecified atom stereocenters. The second-order valence-electron chi connectivity index (χ2n) is 4.71. The Morgan fingerprint density at radius 3 is 2.64 bits per heavy atom. The molecule has 2 aromatic carbocycles. The molecule has 0 fully saturated rings. The van der Waals surface area contributed by atoms with Crippen molar-refractivity contribution in [3.05, 3.63) is 63.8 Å². The van der Waals surface area contributed by atoms with E-state index in [1.165, 1.54) is 19.1 Å². The summed E-state index contributed by atoms with van der Waals surface area (Å²) in [6, 6.07) is 13.1. The van der Waals surface area contributed by atoms with Crippen molar-refractivity contribution in [1.82, 2.24) is 0 Å².